The van der Waals surface area contributed by atoms with Gasteiger partial charge in [0.25, 0.3) is 11.2 Å². The Hall–Kier alpha value is -3.14. The predicted octanol–water partition coefficient (Wildman–Crippen LogP) is 0.973. The van der Waals surface area contributed by atoms with Crippen LogP contribution in [-0.2, 0) is 14.1 Å². The first kappa shape index (κ1) is 21.6. The third kappa shape index (κ3) is 5.07. The zero-order chi connectivity index (χ0) is 21.7. The van der Waals surface area contributed by atoms with Crippen LogP contribution in [0.3, 0.4) is 0 Å². The lowest BCUT2D eigenvalue weighted by molar-refractivity contribution is -0.384. The number of unbranched alkanes of at least 4 members (excludes halogenated alkanes) is 1. The number of hydrogen-bond donors (Lipinski definition) is 0. The van der Waals surface area contributed by atoms with Gasteiger partial charge in [0.2, 0.25) is 0 Å². The van der Waals surface area contributed by atoms with Crippen LogP contribution in [0.1, 0.15) is 12.8 Å². The summed E-state index contributed by atoms with van der Waals surface area (Å²) in [6.07, 6.45) is 1.87. The maximum absolute atomic E-state index is 12.1. The summed E-state index contributed by atoms with van der Waals surface area (Å²) in [7, 11) is 3.17. The highest BCUT2D eigenvalue weighted by atomic mass is 16.6. The van der Waals surface area contributed by atoms with Crippen LogP contribution in [0.15, 0.2) is 39.9 Å². The van der Waals surface area contributed by atoms with Gasteiger partial charge in [0, 0.05) is 58.5 Å². The van der Waals surface area contributed by atoms with Crippen LogP contribution in [-0.4, -0.2) is 58.3 Å². The molecule has 0 amide bonds. The molecule has 0 saturated carbocycles. The third-order valence-corrected chi connectivity index (χ3v) is 5.38. The Morgan fingerprint density at radius 2 is 1.67 bits per heavy atom. The first-order valence-electron chi connectivity index (χ1n) is 9.98. The molecule has 10 nitrogen and oxygen atoms in total. The normalized spacial score (nSPS) is 14.7. The average Bonchev–Trinajstić information content (AvgIpc) is 2.75. The fourth-order valence-electron chi connectivity index (χ4n) is 3.52. The topological polar surface area (TPSA) is 103 Å². The fourth-order valence-corrected chi connectivity index (χ4v) is 3.52. The molecule has 0 bridgehead atoms. The van der Waals surface area contributed by atoms with Gasteiger partial charge in [0.05, 0.1) is 11.5 Å². The lowest BCUT2D eigenvalue weighted by atomic mass is 10.2. The van der Waals surface area contributed by atoms with E-state index in [-0.39, 0.29) is 16.9 Å². The second kappa shape index (κ2) is 9.57. The number of hydrogen-bond acceptors (Lipinski definition) is 7. The minimum Gasteiger partial charge on any atom is -0.494 e. The minimum atomic E-state index is -0.430. The third-order valence-electron chi connectivity index (χ3n) is 5.38. The van der Waals surface area contributed by atoms with Crippen LogP contribution < -0.4 is 20.9 Å². The molecule has 1 aliphatic rings. The summed E-state index contributed by atoms with van der Waals surface area (Å²) in [5.41, 5.74) is -0.547. The van der Waals surface area contributed by atoms with Crippen LogP contribution in [0, 0.1) is 10.1 Å². The maximum Gasteiger partial charge on any atom is 0.332 e. The van der Waals surface area contributed by atoms with Gasteiger partial charge in [-0.25, -0.2) is 4.79 Å². The number of aromatic nitrogens is 2. The van der Waals surface area contributed by atoms with Crippen molar-refractivity contribution in [3.63, 3.8) is 0 Å². The van der Waals surface area contributed by atoms with Gasteiger partial charge in [-0.2, -0.15) is 0 Å². The summed E-state index contributed by atoms with van der Waals surface area (Å²) in [6.45, 7) is 4.78. The highest BCUT2D eigenvalue weighted by molar-refractivity contribution is 5.39. The summed E-state index contributed by atoms with van der Waals surface area (Å²) < 4.78 is 8.27. The molecule has 1 saturated heterocycles. The summed E-state index contributed by atoms with van der Waals surface area (Å²) in [5.74, 6) is 1.30. The molecular weight excluding hydrogens is 390 g/mol. The first-order valence-corrected chi connectivity index (χ1v) is 9.98. The fraction of sp³-hybridized carbons (Fsp3) is 0.500. The number of rotatable bonds is 8. The molecule has 1 aromatic heterocycles. The molecule has 30 heavy (non-hydrogen) atoms. The molecule has 0 radical (unpaired) electrons. The van der Waals surface area contributed by atoms with Crippen molar-refractivity contribution in [2.45, 2.75) is 12.8 Å². The van der Waals surface area contributed by atoms with Crippen LogP contribution >= 0.6 is 0 Å². The van der Waals surface area contributed by atoms with Crippen molar-refractivity contribution in [2.75, 3.05) is 44.2 Å². The van der Waals surface area contributed by atoms with Gasteiger partial charge < -0.3 is 9.64 Å². The molecule has 162 valence electrons. The Bertz CT molecular complexity index is 990. The van der Waals surface area contributed by atoms with E-state index in [0.29, 0.717) is 18.2 Å². The number of anilines is 1. The van der Waals surface area contributed by atoms with E-state index in [4.69, 9.17) is 4.74 Å². The lowest BCUT2D eigenvalue weighted by Gasteiger charge is -2.36. The van der Waals surface area contributed by atoms with Crippen molar-refractivity contribution in [2.24, 2.45) is 14.1 Å². The Balaban J connectivity index is 1.39. The molecule has 1 aromatic carbocycles. The van der Waals surface area contributed by atoms with E-state index in [1.807, 2.05) is 0 Å². The van der Waals surface area contributed by atoms with Gasteiger partial charge in [0.1, 0.15) is 11.6 Å². The molecule has 1 aliphatic heterocycles. The Morgan fingerprint density at radius 1 is 1.00 bits per heavy atom. The summed E-state index contributed by atoms with van der Waals surface area (Å²) in [4.78, 5) is 38.7. The van der Waals surface area contributed by atoms with Crippen LogP contribution in [0.5, 0.6) is 5.75 Å². The summed E-state index contributed by atoms with van der Waals surface area (Å²) in [6, 6.07) is 7.62. The average molecular weight is 417 g/mol. The second-order valence-corrected chi connectivity index (χ2v) is 7.38. The molecule has 2 heterocycles. The van der Waals surface area contributed by atoms with E-state index < -0.39 is 4.92 Å². The summed E-state index contributed by atoms with van der Waals surface area (Å²) in [5, 5.41) is 10.6. The van der Waals surface area contributed by atoms with Gasteiger partial charge in [-0.3, -0.25) is 28.9 Å². The van der Waals surface area contributed by atoms with E-state index in [9.17, 15) is 19.7 Å². The van der Waals surface area contributed by atoms with Gasteiger partial charge in [-0.15, -0.1) is 0 Å². The van der Waals surface area contributed by atoms with Crippen LogP contribution in [0.25, 0.3) is 0 Å². The first-order chi connectivity index (χ1) is 14.4. The molecule has 2 aromatic rings. The number of nitrogens with zero attached hydrogens (tertiary/aromatic N) is 5. The molecule has 0 aliphatic carbocycles. The smallest absolute Gasteiger partial charge is 0.332 e. The number of benzene rings is 1. The van der Waals surface area contributed by atoms with E-state index in [1.165, 1.54) is 29.8 Å². The van der Waals surface area contributed by atoms with Gasteiger partial charge in [0.15, 0.2) is 0 Å². The van der Waals surface area contributed by atoms with Crippen molar-refractivity contribution in [1.29, 1.82) is 0 Å². The van der Waals surface area contributed by atoms with Gasteiger partial charge >= 0.3 is 5.69 Å². The van der Waals surface area contributed by atoms with Crippen molar-refractivity contribution < 1.29 is 9.66 Å². The van der Waals surface area contributed by atoms with E-state index >= 15 is 0 Å². The van der Waals surface area contributed by atoms with Crippen molar-refractivity contribution in [1.82, 2.24) is 14.0 Å². The Kier molecular flexibility index (Phi) is 6.88. The summed E-state index contributed by atoms with van der Waals surface area (Å²) >= 11 is 0. The number of piperazine rings is 1. The van der Waals surface area contributed by atoms with Gasteiger partial charge in [-0.05, 0) is 31.5 Å². The van der Waals surface area contributed by atoms with E-state index in [1.54, 1.807) is 19.2 Å². The lowest BCUT2D eigenvalue weighted by Crippen LogP contribution is -2.49. The maximum atomic E-state index is 12.1. The Morgan fingerprint density at radius 3 is 2.30 bits per heavy atom. The number of nitro benzene ring substituents is 1. The predicted molar refractivity (Wildman–Crippen MR) is 113 cm³/mol. The SMILES string of the molecule is Cn1c(N2CCN(CCCCOc3ccc([N+](=O)[O-])cc3)CC2)cc(=O)n(C)c1=O. The molecule has 0 spiro atoms. The highest BCUT2D eigenvalue weighted by Gasteiger charge is 2.20. The number of ether oxygens (including phenoxy) is 1. The van der Waals surface area contributed by atoms with Crippen molar-refractivity contribution >= 4 is 11.5 Å². The second-order valence-electron chi connectivity index (χ2n) is 7.38. The quantitative estimate of drug-likeness (QED) is 0.358. The zero-order valence-electron chi connectivity index (χ0n) is 17.3. The molecular formula is C20H27N5O5. The molecule has 0 N–H and O–H groups in total. The largest absolute Gasteiger partial charge is 0.494 e. The molecule has 0 atom stereocenters. The highest BCUT2D eigenvalue weighted by Crippen LogP contribution is 2.17. The number of non-ortho nitro benzene ring substituents is 1. The van der Waals surface area contributed by atoms with Gasteiger partial charge in [-0.1, -0.05) is 0 Å². The zero-order valence-corrected chi connectivity index (χ0v) is 17.3. The van der Waals surface area contributed by atoms with E-state index in [0.717, 1.165) is 50.1 Å². The molecule has 10 heteroatoms. The minimum absolute atomic E-state index is 0.0532. The number of nitro groups is 1. The monoisotopic (exact) mass is 417 g/mol. The Labute approximate surface area is 174 Å². The molecule has 1 fully saturated rings. The van der Waals surface area contributed by atoms with E-state index in [2.05, 4.69) is 9.80 Å². The van der Waals surface area contributed by atoms with Crippen LogP contribution in [0.2, 0.25) is 0 Å². The van der Waals surface area contributed by atoms with Crippen molar-refractivity contribution in [3.05, 3.63) is 61.3 Å². The van der Waals surface area contributed by atoms with Crippen molar-refractivity contribution in [3.8, 4) is 5.75 Å². The van der Waals surface area contributed by atoms with Crippen LogP contribution in [0.4, 0.5) is 11.5 Å². The molecule has 0 unspecified atom stereocenters. The standard InChI is InChI=1S/C20H27N5O5/c1-21-18(15-19(26)22(2)20(21)27)24-12-10-23(11-13-24)9-3-4-14-30-17-7-5-16(6-8-17)25(28)29/h5-8,15H,3-4,9-14H2,1-2H3. The molecule has 3 rings (SSSR count).